The van der Waals surface area contributed by atoms with E-state index in [0.29, 0.717) is 16.8 Å². The third-order valence-corrected chi connectivity index (χ3v) is 5.85. The van der Waals surface area contributed by atoms with Gasteiger partial charge in [0, 0.05) is 21.7 Å². The zero-order valence-electron chi connectivity index (χ0n) is 18.7. The van der Waals surface area contributed by atoms with Crippen molar-refractivity contribution in [2.45, 2.75) is 0 Å². The molecule has 1 aromatic heterocycles. The number of hydrogen-bond acceptors (Lipinski definition) is 4. The zero-order valence-corrected chi connectivity index (χ0v) is 19.5. The molecule has 2 N–H and O–H groups in total. The van der Waals surface area contributed by atoms with Gasteiger partial charge in [0.05, 0.1) is 0 Å². The van der Waals surface area contributed by atoms with Crippen molar-refractivity contribution in [1.82, 2.24) is 5.32 Å². The van der Waals surface area contributed by atoms with Gasteiger partial charge in [-0.15, -0.1) is 11.3 Å². The summed E-state index contributed by atoms with van der Waals surface area (Å²) in [5, 5.41) is 7.45. The highest BCUT2D eigenvalue weighted by Crippen LogP contribution is 2.15. The van der Waals surface area contributed by atoms with E-state index in [-0.39, 0.29) is 17.4 Å². The van der Waals surface area contributed by atoms with Crippen molar-refractivity contribution >= 4 is 46.8 Å². The monoisotopic (exact) mass is 478 g/mol. The molecule has 0 bridgehead atoms. The molecule has 5 nitrogen and oxygen atoms in total. The molecule has 0 radical (unpaired) electrons. The first-order valence-corrected chi connectivity index (χ1v) is 11.8. The van der Waals surface area contributed by atoms with Crippen molar-refractivity contribution in [3.8, 4) is 0 Å². The lowest BCUT2D eigenvalue weighted by atomic mass is 10.1. The number of allylic oxidation sites excluding steroid dienone is 1. The SMILES string of the molecule is O=C(Nc1ccc(C(=O)/C=C/c2cccs2)cc1)/C(=C/c1ccccc1)NC(=O)c1ccccc1. The Morgan fingerprint density at radius 2 is 1.40 bits per heavy atom. The Balaban J connectivity index is 1.48. The lowest BCUT2D eigenvalue weighted by Crippen LogP contribution is -2.30. The second-order valence-corrected chi connectivity index (χ2v) is 8.51. The Labute approximate surface area is 207 Å². The van der Waals surface area contributed by atoms with Crippen LogP contribution in [0, 0.1) is 0 Å². The van der Waals surface area contributed by atoms with Crippen molar-refractivity contribution in [1.29, 1.82) is 0 Å². The molecule has 6 heteroatoms. The zero-order chi connectivity index (χ0) is 24.5. The van der Waals surface area contributed by atoms with Crippen LogP contribution in [0.4, 0.5) is 5.69 Å². The minimum absolute atomic E-state index is 0.101. The average Bonchev–Trinajstić information content (AvgIpc) is 3.42. The number of carbonyl (C=O) groups is 3. The summed E-state index contributed by atoms with van der Waals surface area (Å²) >= 11 is 1.55. The molecule has 0 aliphatic rings. The van der Waals surface area contributed by atoms with E-state index in [9.17, 15) is 14.4 Å². The van der Waals surface area contributed by atoms with E-state index in [2.05, 4.69) is 10.6 Å². The van der Waals surface area contributed by atoms with Crippen LogP contribution in [0.1, 0.15) is 31.2 Å². The van der Waals surface area contributed by atoms with Gasteiger partial charge in [0.2, 0.25) is 0 Å². The third-order valence-electron chi connectivity index (χ3n) is 5.01. The second kappa shape index (κ2) is 11.5. The van der Waals surface area contributed by atoms with Crippen LogP contribution in [0.3, 0.4) is 0 Å². The summed E-state index contributed by atoms with van der Waals surface area (Å²) in [4.78, 5) is 39.2. The molecular formula is C29H22N2O3S. The van der Waals surface area contributed by atoms with E-state index in [1.54, 1.807) is 72.0 Å². The third kappa shape index (κ3) is 6.72. The normalized spacial score (nSPS) is 11.3. The number of ketones is 1. The largest absolute Gasteiger partial charge is 0.321 e. The molecule has 4 rings (SSSR count). The maximum absolute atomic E-state index is 13.1. The number of anilines is 1. The topological polar surface area (TPSA) is 75.3 Å². The minimum Gasteiger partial charge on any atom is -0.321 e. The van der Waals surface area contributed by atoms with Crippen LogP contribution in [0.5, 0.6) is 0 Å². The highest BCUT2D eigenvalue weighted by molar-refractivity contribution is 7.10. The highest BCUT2D eigenvalue weighted by atomic mass is 32.1. The van der Waals surface area contributed by atoms with Gasteiger partial charge in [-0.05, 0) is 71.6 Å². The summed E-state index contributed by atoms with van der Waals surface area (Å²) < 4.78 is 0. The predicted molar refractivity (Wildman–Crippen MR) is 141 cm³/mol. The fourth-order valence-corrected chi connectivity index (χ4v) is 3.83. The molecule has 4 aromatic rings. The maximum Gasteiger partial charge on any atom is 0.272 e. The quantitative estimate of drug-likeness (QED) is 0.239. The van der Waals surface area contributed by atoms with Gasteiger partial charge >= 0.3 is 0 Å². The fraction of sp³-hybridized carbons (Fsp3) is 0. The van der Waals surface area contributed by atoms with Gasteiger partial charge in [0.15, 0.2) is 5.78 Å². The summed E-state index contributed by atoms with van der Waals surface area (Å²) in [6.45, 7) is 0. The lowest BCUT2D eigenvalue weighted by molar-refractivity contribution is -0.113. The van der Waals surface area contributed by atoms with Crippen molar-refractivity contribution in [3.05, 3.63) is 136 Å². The van der Waals surface area contributed by atoms with Gasteiger partial charge in [-0.3, -0.25) is 14.4 Å². The predicted octanol–water partition coefficient (Wildman–Crippen LogP) is 6.05. The molecule has 0 aliphatic heterocycles. The van der Waals surface area contributed by atoms with Gasteiger partial charge < -0.3 is 10.6 Å². The van der Waals surface area contributed by atoms with Crippen LogP contribution in [0.15, 0.2) is 114 Å². The number of rotatable bonds is 8. The molecule has 0 aliphatic carbocycles. The standard InChI is InChI=1S/C29H22N2O3S/c32-27(18-17-25-12-7-19-35-25)22-13-15-24(16-14-22)30-29(34)26(20-21-8-3-1-4-9-21)31-28(33)23-10-5-2-6-11-23/h1-20H,(H,30,34)(H,31,33)/b18-17+,26-20-. The van der Waals surface area contributed by atoms with Crippen LogP contribution < -0.4 is 10.6 Å². The first-order valence-electron chi connectivity index (χ1n) is 10.9. The Morgan fingerprint density at radius 3 is 2.06 bits per heavy atom. The van der Waals surface area contributed by atoms with E-state index in [0.717, 1.165) is 10.4 Å². The Bertz CT molecular complexity index is 1360. The van der Waals surface area contributed by atoms with Crippen LogP contribution in [0.2, 0.25) is 0 Å². The number of nitrogens with one attached hydrogen (secondary N) is 2. The van der Waals surface area contributed by atoms with Crippen molar-refractivity contribution in [2.75, 3.05) is 5.32 Å². The molecule has 0 saturated carbocycles. The summed E-state index contributed by atoms with van der Waals surface area (Å²) in [5.41, 5.74) is 2.32. The molecule has 0 fully saturated rings. The first-order chi connectivity index (χ1) is 17.1. The van der Waals surface area contributed by atoms with Gasteiger partial charge in [-0.2, -0.15) is 0 Å². The maximum atomic E-state index is 13.1. The Morgan fingerprint density at radius 1 is 0.714 bits per heavy atom. The van der Waals surface area contributed by atoms with Crippen LogP contribution >= 0.6 is 11.3 Å². The Hall–Kier alpha value is -4.55. The van der Waals surface area contributed by atoms with Gasteiger partial charge in [0.1, 0.15) is 5.70 Å². The lowest BCUT2D eigenvalue weighted by Gasteiger charge is -2.12. The molecule has 1 heterocycles. The van der Waals surface area contributed by atoms with Crippen molar-refractivity contribution in [2.24, 2.45) is 0 Å². The number of hydrogen-bond donors (Lipinski definition) is 2. The fourth-order valence-electron chi connectivity index (χ4n) is 3.21. The molecule has 2 amide bonds. The van der Waals surface area contributed by atoms with Gasteiger partial charge in [0.25, 0.3) is 11.8 Å². The summed E-state index contributed by atoms with van der Waals surface area (Å²) in [6.07, 6.45) is 4.92. The molecule has 172 valence electrons. The second-order valence-electron chi connectivity index (χ2n) is 7.53. The Kier molecular flexibility index (Phi) is 7.78. The molecule has 35 heavy (non-hydrogen) atoms. The summed E-state index contributed by atoms with van der Waals surface area (Å²) in [5.74, 6) is -0.993. The van der Waals surface area contributed by atoms with E-state index in [4.69, 9.17) is 0 Å². The average molecular weight is 479 g/mol. The number of benzene rings is 3. The van der Waals surface area contributed by atoms with E-state index >= 15 is 0 Å². The van der Waals surface area contributed by atoms with E-state index < -0.39 is 5.91 Å². The first kappa shape index (κ1) is 23.6. The molecule has 3 aromatic carbocycles. The molecular weight excluding hydrogens is 456 g/mol. The smallest absolute Gasteiger partial charge is 0.272 e. The number of amides is 2. The van der Waals surface area contributed by atoms with E-state index in [1.807, 2.05) is 53.9 Å². The van der Waals surface area contributed by atoms with Crippen LogP contribution in [-0.2, 0) is 4.79 Å². The molecule has 0 saturated heterocycles. The van der Waals surface area contributed by atoms with E-state index in [1.165, 1.54) is 6.08 Å². The highest BCUT2D eigenvalue weighted by Gasteiger charge is 2.15. The molecule has 0 atom stereocenters. The summed E-state index contributed by atoms with van der Waals surface area (Å²) in [7, 11) is 0. The molecule has 0 unspecified atom stereocenters. The number of thiophene rings is 1. The number of carbonyl (C=O) groups excluding carboxylic acids is 3. The van der Waals surface area contributed by atoms with Crippen LogP contribution in [-0.4, -0.2) is 17.6 Å². The van der Waals surface area contributed by atoms with Crippen LogP contribution in [0.25, 0.3) is 12.2 Å². The molecule has 0 spiro atoms. The van der Waals surface area contributed by atoms with Gasteiger partial charge in [-0.25, -0.2) is 0 Å². The van der Waals surface area contributed by atoms with Gasteiger partial charge in [-0.1, -0.05) is 54.6 Å². The van der Waals surface area contributed by atoms with Crippen molar-refractivity contribution in [3.63, 3.8) is 0 Å². The summed E-state index contributed by atoms with van der Waals surface area (Å²) in [6, 6.07) is 28.4. The van der Waals surface area contributed by atoms with Crippen molar-refractivity contribution < 1.29 is 14.4 Å². The minimum atomic E-state index is -0.477.